The molecule has 2 N–H and O–H groups in total. The van der Waals surface area contributed by atoms with Crippen LogP contribution >= 0.6 is 0 Å². The molecule has 1 aliphatic rings. The smallest absolute Gasteiger partial charge is 0.227 e. The molecule has 1 aliphatic heterocycles. The minimum absolute atomic E-state index is 0.207. The molecular formula is C19H22FN7O. The molecule has 0 atom stereocenters. The Bertz CT molecular complexity index is 953. The average Bonchev–Trinajstić information content (AvgIpc) is 3.17. The van der Waals surface area contributed by atoms with E-state index in [-0.39, 0.29) is 5.75 Å². The number of likely N-dealkylation sites (N-methyl/N-ethyl adjacent to an activating group) is 1. The van der Waals surface area contributed by atoms with Crippen LogP contribution in [0, 0.1) is 5.82 Å². The molecule has 1 saturated heterocycles. The average molecular weight is 383 g/mol. The number of hydrogen-bond donors (Lipinski definition) is 2. The minimum Gasteiger partial charge on any atom is -0.494 e. The van der Waals surface area contributed by atoms with E-state index >= 15 is 0 Å². The summed E-state index contributed by atoms with van der Waals surface area (Å²) in [6.07, 6.45) is 1.73. The van der Waals surface area contributed by atoms with Crippen molar-refractivity contribution in [3.8, 4) is 17.0 Å². The van der Waals surface area contributed by atoms with Crippen LogP contribution in [0.3, 0.4) is 0 Å². The maximum atomic E-state index is 13.9. The highest BCUT2D eigenvalue weighted by Crippen LogP contribution is 2.26. The van der Waals surface area contributed by atoms with Crippen molar-refractivity contribution in [2.75, 3.05) is 50.6 Å². The van der Waals surface area contributed by atoms with Gasteiger partial charge < -0.3 is 19.9 Å². The molecular weight excluding hydrogens is 361 g/mol. The zero-order valence-electron chi connectivity index (χ0n) is 15.8. The number of nitrogens with one attached hydrogen (secondary N) is 2. The summed E-state index contributed by atoms with van der Waals surface area (Å²) in [5, 5.41) is 10.3. The van der Waals surface area contributed by atoms with Gasteiger partial charge in [0.05, 0.1) is 12.8 Å². The van der Waals surface area contributed by atoms with Crippen molar-refractivity contribution in [1.29, 1.82) is 0 Å². The molecule has 3 heterocycles. The molecule has 2 aromatic heterocycles. The van der Waals surface area contributed by atoms with Crippen LogP contribution in [0.5, 0.6) is 5.75 Å². The number of ether oxygens (including phenoxy) is 1. The number of anilines is 3. The number of halogens is 1. The largest absolute Gasteiger partial charge is 0.494 e. The van der Waals surface area contributed by atoms with Crippen molar-refractivity contribution in [2.45, 2.75) is 0 Å². The standard InChI is InChI=1S/C19H22FN7O/c1-26-7-9-27(10-8-26)19-21-6-5-17(23-19)22-18-12-15(24-25-18)13-3-4-16(28-2)14(20)11-13/h3-6,11-12H,7-10H2,1-2H3,(H2,21,22,23,24,25). The molecule has 0 radical (unpaired) electrons. The molecule has 3 aromatic rings. The summed E-state index contributed by atoms with van der Waals surface area (Å²) < 4.78 is 18.9. The van der Waals surface area contributed by atoms with Crippen LogP contribution < -0.4 is 15.0 Å². The minimum atomic E-state index is -0.420. The molecule has 0 unspecified atom stereocenters. The van der Waals surface area contributed by atoms with Crippen LogP contribution in [0.25, 0.3) is 11.3 Å². The number of rotatable bonds is 5. The maximum absolute atomic E-state index is 13.9. The Kier molecular flexibility index (Phi) is 5.07. The van der Waals surface area contributed by atoms with Crippen LogP contribution in [-0.4, -0.2) is 65.4 Å². The highest BCUT2D eigenvalue weighted by Gasteiger charge is 2.17. The van der Waals surface area contributed by atoms with E-state index in [1.54, 1.807) is 30.5 Å². The van der Waals surface area contributed by atoms with Gasteiger partial charge in [-0.2, -0.15) is 10.1 Å². The first kappa shape index (κ1) is 18.2. The Labute approximate surface area is 162 Å². The molecule has 0 aliphatic carbocycles. The number of aromatic amines is 1. The van der Waals surface area contributed by atoms with E-state index in [0.29, 0.717) is 28.8 Å². The van der Waals surface area contributed by atoms with Crippen molar-refractivity contribution < 1.29 is 9.13 Å². The van der Waals surface area contributed by atoms with E-state index in [9.17, 15) is 4.39 Å². The molecule has 4 rings (SSSR count). The lowest BCUT2D eigenvalue weighted by molar-refractivity contribution is 0.311. The van der Waals surface area contributed by atoms with E-state index in [0.717, 1.165) is 26.2 Å². The Morgan fingerprint density at radius 1 is 1.11 bits per heavy atom. The molecule has 1 fully saturated rings. The third kappa shape index (κ3) is 3.89. The van der Waals surface area contributed by atoms with E-state index < -0.39 is 5.82 Å². The summed E-state index contributed by atoms with van der Waals surface area (Å²) in [6.45, 7) is 3.77. The van der Waals surface area contributed by atoms with Crippen LogP contribution in [0.15, 0.2) is 36.5 Å². The van der Waals surface area contributed by atoms with Gasteiger partial charge in [-0.1, -0.05) is 0 Å². The van der Waals surface area contributed by atoms with Gasteiger partial charge in [0, 0.05) is 44.0 Å². The zero-order valence-corrected chi connectivity index (χ0v) is 15.8. The van der Waals surface area contributed by atoms with E-state index in [4.69, 9.17) is 4.74 Å². The monoisotopic (exact) mass is 383 g/mol. The first-order valence-corrected chi connectivity index (χ1v) is 9.05. The fourth-order valence-corrected chi connectivity index (χ4v) is 3.08. The SMILES string of the molecule is COc1ccc(-c2cc(Nc3ccnc(N4CCN(C)CC4)n3)n[nH]2)cc1F. The number of benzene rings is 1. The van der Waals surface area contributed by atoms with Gasteiger partial charge in [-0.15, -0.1) is 0 Å². The second kappa shape index (κ2) is 7.81. The summed E-state index contributed by atoms with van der Waals surface area (Å²) in [5.41, 5.74) is 1.37. The van der Waals surface area contributed by atoms with Crippen LogP contribution in [-0.2, 0) is 0 Å². The molecule has 8 nitrogen and oxygen atoms in total. The Hall–Kier alpha value is -3.20. The Morgan fingerprint density at radius 3 is 2.68 bits per heavy atom. The number of nitrogens with zero attached hydrogens (tertiary/aromatic N) is 5. The van der Waals surface area contributed by atoms with Crippen LogP contribution in [0.2, 0.25) is 0 Å². The lowest BCUT2D eigenvalue weighted by Crippen LogP contribution is -2.45. The van der Waals surface area contributed by atoms with Gasteiger partial charge >= 0.3 is 0 Å². The van der Waals surface area contributed by atoms with Crippen molar-refractivity contribution in [1.82, 2.24) is 25.1 Å². The zero-order chi connectivity index (χ0) is 19.5. The molecule has 1 aromatic carbocycles. The first-order valence-electron chi connectivity index (χ1n) is 9.05. The van der Waals surface area contributed by atoms with Crippen LogP contribution in [0.4, 0.5) is 22.0 Å². The lowest BCUT2D eigenvalue weighted by atomic mass is 10.1. The molecule has 0 saturated carbocycles. The molecule has 0 spiro atoms. The highest BCUT2D eigenvalue weighted by molar-refractivity contribution is 5.66. The topological polar surface area (TPSA) is 82.2 Å². The molecule has 0 amide bonds. The normalized spacial score (nSPS) is 14.9. The Balaban J connectivity index is 1.48. The number of piperazine rings is 1. The molecule has 146 valence electrons. The van der Waals surface area contributed by atoms with E-state index in [2.05, 4.69) is 42.3 Å². The predicted molar refractivity (Wildman–Crippen MR) is 106 cm³/mol. The summed E-state index contributed by atoms with van der Waals surface area (Å²) >= 11 is 0. The third-order valence-corrected chi connectivity index (χ3v) is 4.73. The van der Waals surface area contributed by atoms with Crippen molar-refractivity contribution in [2.24, 2.45) is 0 Å². The molecule has 28 heavy (non-hydrogen) atoms. The van der Waals surface area contributed by atoms with Crippen molar-refractivity contribution >= 4 is 17.6 Å². The van der Waals surface area contributed by atoms with Gasteiger partial charge in [-0.25, -0.2) is 9.37 Å². The fourth-order valence-electron chi connectivity index (χ4n) is 3.08. The second-order valence-corrected chi connectivity index (χ2v) is 6.67. The molecule has 0 bridgehead atoms. The van der Waals surface area contributed by atoms with Gasteiger partial charge in [-0.05, 0) is 31.3 Å². The summed E-state index contributed by atoms with van der Waals surface area (Å²) in [6, 6.07) is 8.37. The summed E-state index contributed by atoms with van der Waals surface area (Å²) in [5.74, 6) is 1.74. The fraction of sp³-hybridized carbons (Fsp3) is 0.316. The van der Waals surface area contributed by atoms with Crippen molar-refractivity contribution in [3.63, 3.8) is 0 Å². The van der Waals surface area contributed by atoms with E-state index in [1.807, 2.05) is 0 Å². The molecule has 9 heteroatoms. The quantitative estimate of drug-likeness (QED) is 0.700. The van der Waals surface area contributed by atoms with Crippen molar-refractivity contribution in [3.05, 3.63) is 42.3 Å². The number of H-pyrrole nitrogens is 1. The van der Waals surface area contributed by atoms with Gasteiger partial charge in [-0.3, -0.25) is 5.10 Å². The van der Waals surface area contributed by atoms with Gasteiger partial charge in [0.15, 0.2) is 17.4 Å². The lowest BCUT2D eigenvalue weighted by Gasteiger charge is -2.32. The number of methoxy groups -OCH3 is 1. The van der Waals surface area contributed by atoms with Gasteiger partial charge in [0.1, 0.15) is 5.82 Å². The highest BCUT2D eigenvalue weighted by atomic mass is 19.1. The second-order valence-electron chi connectivity index (χ2n) is 6.67. The summed E-state index contributed by atoms with van der Waals surface area (Å²) in [7, 11) is 3.55. The Morgan fingerprint density at radius 2 is 1.93 bits per heavy atom. The maximum Gasteiger partial charge on any atom is 0.227 e. The van der Waals surface area contributed by atoms with E-state index in [1.165, 1.54) is 13.2 Å². The number of aromatic nitrogens is 4. The van der Waals surface area contributed by atoms with Crippen LogP contribution in [0.1, 0.15) is 0 Å². The predicted octanol–water partition coefficient (Wildman–Crippen LogP) is 2.51. The van der Waals surface area contributed by atoms with Gasteiger partial charge in [0.25, 0.3) is 0 Å². The number of hydrogen-bond acceptors (Lipinski definition) is 7. The third-order valence-electron chi connectivity index (χ3n) is 4.73. The van der Waals surface area contributed by atoms with Gasteiger partial charge in [0.2, 0.25) is 5.95 Å². The summed E-state index contributed by atoms with van der Waals surface area (Å²) in [4.78, 5) is 13.4. The first-order chi connectivity index (χ1) is 13.6.